The maximum Gasteiger partial charge on any atom is 0.309 e. The lowest BCUT2D eigenvalue weighted by Crippen LogP contribution is -2.09. The number of nitriles is 1. The molecule has 0 aliphatic rings. The van der Waals surface area contributed by atoms with Crippen LogP contribution in [0, 0.1) is 11.3 Å². The largest absolute Gasteiger partial charge is 0.473 e. The molecule has 170 valence electrons. The number of nitrogens with zero attached hydrogens (tertiary/aromatic N) is 3. The fourth-order valence-corrected chi connectivity index (χ4v) is 3.66. The quantitative estimate of drug-likeness (QED) is 0.211. The number of halogens is 2. The van der Waals surface area contributed by atoms with E-state index in [0.717, 1.165) is 26.7 Å². The number of carbonyl (C=O) groups is 1. The summed E-state index contributed by atoms with van der Waals surface area (Å²) in [5, 5.41) is 9.39. The highest BCUT2D eigenvalue weighted by Crippen LogP contribution is 2.20. The molecule has 3 aromatic rings. The maximum atomic E-state index is 11.7. The van der Waals surface area contributed by atoms with Gasteiger partial charge in [-0.05, 0) is 64.5 Å². The molecule has 1 aromatic heterocycles. The molecule has 9 heteroatoms. The van der Waals surface area contributed by atoms with E-state index in [1.165, 1.54) is 13.3 Å². The molecule has 0 aliphatic heterocycles. The fraction of sp³-hybridized carbons (Fsp3) is 0.250. The second-order valence-electron chi connectivity index (χ2n) is 7.02. The summed E-state index contributed by atoms with van der Waals surface area (Å²) in [5.74, 6) is 0.0656. The van der Waals surface area contributed by atoms with Crippen LogP contribution in [0.3, 0.4) is 0 Å². The van der Waals surface area contributed by atoms with Crippen molar-refractivity contribution in [2.45, 2.75) is 26.1 Å². The second-order valence-corrected chi connectivity index (χ2v) is 8.27. The van der Waals surface area contributed by atoms with Crippen LogP contribution in [0.25, 0.3) is 0 Å². The molecule has 0 unspecified atom stereocenters. The fourth-order valence-electron chi connectivity index (χ4n) is 3.11. The van der Waals surface area contributed by atoms with Gasteiger partial charge in [0.05, 0.1) is 38.4 Å². The molecule has 1 heterocycles. The van der Waals surface area contributed by atoms with Crippen molar-refractivity contribution in [3.63, 3.8) is 0 Å². The van der Waals surface area contributed by atoms with Crippen molar-refractivity contribution in [2.75, 3.05) is 13.7 Å². The average Bonchev–Trinajstić information content (AvgIpc) is 2.82. The number of hydrogen-bond acceptors (Lipinski definition) is 7. The van der Waals surface area contributed by atoms with E-state index in [9.17, 15) is 10.1 Å². The molecule has 0 saturated carbocycles. The number of carbonyl (C=O) groups excluding carboxylic acids is 1. The van der Waals surface area contributed by atoms with Crippen molar-refractivity contribution in [3.8, 4) is 11.9 Å². The minimum Gasteiger partial charge on any atom is -0.473 e. The van der Waals surface area contributed by atoms with E-state index < -0.39 is 0 Å². The summed E-state index contributed by atoms with van der Waals surface area (Å²) in [6.07, 6.45) is 2.29. The number of aromatic nitrogens is 2. The van der Waals surface area contributed by atoms with Gasteiger partial charge < -0.3 is 14.2 Å². The summed E-state index contributed by atoms with van der Waals surface area (Å²) in [6, 6.07) is 14.9. The Bertz CT molecular complexity index is 1170. The van der Waals surface area contributed by atoms with Crippen LogP contribution in [0.5, 0.6) is 5.88 Å². The van der Waals surface area contributed by atoms with E-state index in [1.807, 2.05) is 30.3 Å². The van der Waals surface area contributed by atoms with Gasteiger partial charge in [0.2, 0.25) is 11.2 Å². The molecule has 0 saturated heterocycles. The first-order valence-electron chi connectivity index (χ1n) is 10.0. The molecule has 3 rings (SSSR count). The highest BCUT2D eigenvalue weighted by atomic mass is 79.9. The molecule has 0 atom stereocenters. The Morgan fingerprint density at radius 3 is 2.67 bits per heavy atom. The molecule has 0 amide bonds. The lowest BCUT2D eigenvalue weighted by Gasteiger charge is -2.13. The molecule has 0 radical (unpaired) electrons. The summed E-state index contributed by atoms with van der Waals surface area (Å²) in [5.41, 5.74) is 4.18. The van der Waals surface area contributed by atoms with Gasteiger partial charge in [0.15, 0.2) is 0 Å². The van der Waals surface area contributed by atoms with E-state index >= 15 is 0 Å². The molecule has 0 N–H and O–H groups in total. The van der Waals surface area contributed by atoms with Crippen LogP contribution < -0.4 is 4.74 Å². The van der Waals surface area contributed by atoms with E-state index in [-0.39, 0.29) is 24.3 Å². The van der Waals surface area contributed by atoms with Crippen molar-refractivity contribution in [1.29, 1.82) is 5.26 Å². The van der Waals surface area contributed by atoms with Gasteiger partial charge in [-0.2, -0.15) is 10.2 Å². The zero-order valence-electron chi connectivity index (χ0n) is 17.9. The third-order valence-corrected chi connectivity index (χ3v) is 5.49. The first-order chi connectivity index (χ1) is 16.0. The van der Waals surface area contributed by atoms with E-state index in [1.54, 1.807) is 12.1 Å². The number of benzene rings is 2. The number of rotatable bonds is 10. The van der Waals surface area contributed by atoms with Crippen LogP contribution in [0.15, 0.2) is 53.1 Å². The van der Waals surface area contributed by atoms with Crippen LogP contribution in [0.1, 0.15) is 27.8 Å². The van der Waals surface area contributed by atoms with Crippen molar-refractivity contribution in [1.82, 2.24) is 9.97 Å². The summed E-state index contributed by atoms with van der Waals surface area (Å²) < 4.78 is 17.3. The summed E-state index contributed by atoms with van der Waals surface area (Å²) in [4.78, 5) is 19.5. The first-order valence-corrected chi connectivity index (χ1v) is 11.2. The van der Waals surface area contributed by atoms with Crippen molar-refractivity contribution < 1.29 is 19.0 Å². The standard InChI is InChI=1S/C24H21BrClN3O4/c1-31-23(30)12-17-4-5-21(25)11-20(17)14-32-9-7-18-10-16(13-27)2-3-19(18)15-33-22-6-8-28-24(26)29-22/h2-6,8,10-11H,7,9,12,14-15H2,1H3. The third-order valence-electron chi connectivity index (χ3n) is 4.82. The third kappa shape index (κ3) is 7.53. The minimum absolute atomic E-state index is 0.111. The highest BCUT2D eigenvalue weighted by molar-refractivity contribution is 9.10. The van der Waals surface area contributed by atoms with Gasteiger partial charge in [-0.1, -0.05) is 28.1 Å². The Balaban J connectivity index is 1.63. The molecule has 0 bridgehead atoms. The second kappa shape index (κ2) is 12.3. The van der Waals surface area contributed by atoms with Gasteiger partial charge in [-0.15, -0.1) is 0 Å². The zero-order valence-corrected chi connectivity index (χ0v) is 20.2. The monoisotopic (exact) mass is 529 g/mol. The van der Waals surface area contributed by atoms with Gasteiger partial charge in [0.25, 0.3) is 0 Å². The number of hydrogen-bond donors (Lipinski definition) is 0. The topological polar surface area (TPSA) is 94.3 Å². The zero-order chi connectivity index (χ0) is 23.6. The van der Waals surface area contributed by atoms with Crippen molar-refractivity contribution in [2.24, 2.45) is 0 Å². The summed E-state index contributed by atoms with van der Waals surface area (Å²) in [6.45, 7) is 1.03. The smallest absolute Gasteiger partial charge is 0.309 e. The lowest BCUT2D eigenvalue weighted by molar-refractivity contribution is -0.139. The first kappa shape index (κ1) is 24.6. The molecule has 2 aromatic carbocycles. The van der Waals surface area contributed by atoms with E-state index in [2.05, 4.69) is 32.0 Å². The van der Waals surface area contributed by atoms with Crippen molar-refractivity contribution >= 4 is 33.5 Å². The highest BCUT2D eigenvalue weighted by Gasteiger charge is 2.11. The van der Waals surface area contributed by atoms with Crippen LogP contribution in [0.2, 0.25) is 5.28 Å². The molecular formula is C24H21BrClN3O4. The van der Waals surface area contributed by atoms with Gasteiger partial charge >= 0.3 is 5.97 Å². The Kier molecular flexibility index (Phi) is 9.19. The van der Waals surface area contributed by atoms with E-state index in [0.29, 0.717) is 31.1 Å². The van der Waals surface area contributed by atoms with Crippen LogP contribution in [0.4, 0.5) is 0 Å². The van der Waals surface area contributed by atoms with Gasteiger partial charge in [0.1, 0.15) is 6.61 Å². The molecule has 7 nitrogen and oxygen atoms in total. The van der Waals surface area contributed by atoms with Crippen LogP contribution in [-0.4, -0.2) is 29.7 Å². The Labute approximate surface area is 205 Å². The van der Waals surface area contributed by atoms with Gasteiger partial charge in [-0.25, -0.2) is 4.98 Å². The normalized spacial score (nSPS) is 10.5. The van der Waals surface area contributed by atoms with E-state index in [4.69, 9.17) is 25.8 Å². The summed E-state index contributed by atoms with van der Waals surface area (Å²) in [7, 11) is 1.37. The van der Waals surface area contributed by atoms with Crippen LogP contribution in [-0.2, 0) is 40.3 Å². The average molecular weight is 531 g/mol. The number of esters is 1. The Morgan fingerprint density at radius 2 is 1.91 bits per heavy atom. The van der Waals surface area contributed by atoms with Gasteiger partial charge in [0, 0.05) is 16.7 Å². The molecule has 0 aliphatic carbocycles. The van der Waals surface area contributed by atoms with Gasteiger partial charge in [-0.3, -0.25) is 4.79 Å². The SMILES string of the molecule is COC(=O)Cc1ccc(Br)cc1COCCc1cc(C#N)ccc1COc1ccnc(Cl)n1. The predicted octanol–water partition coefficient (Wildman–Crippen LogP) is 4.82. The summed E-state index contributed by atoms with van der Waals surface area (Å²) >= 11 is 9.26. The number of methoxy groups -OCH3 is 1. The molecule has 33 heavy (non-hydrogen) atoms. The van der Waals surface area contributed by atoms with Crippen LogP contribution >= 0.6 is 27.5 Å². The Morgan fingerprint density at radius 1 is 1.09 bits per heavy atom. The van der Waals surface area contributed by atoms with Crippen molar-refractivity contribution in [3.05, 3.63) is 86.2 Å². The number of ether oxygens (including phenoxy) is 3. The molecule has 0 fully saturated rings. The molecular weight excluding hydrogens is 510 g/mol. The lowest BCUT2D eigenvalue weighted by atomic mass is 10.0. The predicted molar refractivity (Wildman–Crippen MR) is 126 cm³/mol. The Hall–Kier alpha value is -2.99. The minimum atomic E-state index is -0.304. The maximum absolute atomic E-state index is 11.7. The molecule has 0 spiro atoms.